The Kier molecular flexibility index (Phi) is 5.47. The van der Waals surface area contributed by atoms with Crippen LogP contribution in [0.2, 0.25) is 0 Å². The van der Waals surface area contributed by atoms with Gasteiger partial charge in [-0.25, -0.2) is 4.79 Å². The van der Waals surface area contributed by atoms with Crippen molar-refractivity contribution >= 4 is 6.03 Å². The van der Waals surface area contributed by atoms with Crippen molar-refractivity contribution in [2.24, 2.45) is 23.7 Å². The highest BCUT2D eigenvalue weighted by molar-refractivity contribution is 5.74. The molecule has 2 aliphatic carbocycles. The Morgan fingerprint density at radius 2 is 2.04 bits per heavy atom. The second-order valence-corrected chi connectivity index (χ2v) is 8.16. The first-order valence-corrected chi connectivity index (χ1v) is 9.47. The average Bonchev–Trinajstić information content (AvgIpc) is 3.14. The Morgan fingerprint density at radius 1 is 1.26 bits per heavy atom. The van der Waals surface area contributed by atoms with Crippen molar-refractivity contribution in [3.05, 3.63) is 0 Å². The van der Waals surface area contributed by atoms with Crippen LogP contribution in [0.4, 0.5) is 4.79 Å². The lowest BCUT2D eigenvalue weighted by Crippen LogP contribution is -2.51. The zero-order chi connectivity index (χ0) is 16.4. The van der Waals surface area contributed by atoms with E-state index >= 15 is 0 Å². The summed E-state index contributed by atoms with van der Waals surface area (Å²) < 4.78 is 0. The van der Waals surface area contributed by atoms with Crippen LogP contribution in [0.1, 0.15) is 46.0 Å². The van der Waals surface area contributed by atoms with Crippen LogP contribution in [-0.4, -0.2) is 54.4 Å². The molecule has 0 spiro atoms. The number of carbonyl (C=O) groups is 1. The van der Waals surface area contributed by atoms with Crippen LogP contribution in [0, 0.1) is 23.7 Å². The van der Waals surface area contributed by atoms with E-state index in [1.54, 1.807) is 0 Å². The van der Waals surface area contributed by atoms with Crippen LogP contribution in [0.3, 0.4) is 0 Å². The molecule has 23 heavy (non-hydrogen) atoms. The number of amides is 2. The van der Waals surface area contributed by atoms with Crippen molar-refractivity contribution in [2.45, 2.75) is 58.0 Å². The van der Waals surface area contributed by atoms with Crippen LogP contribution < -0.4 is 10.6 Å². The van der Waals surface area contributed by atoms with Crippen molar-refractivity contribution in [3.8, 4) is 0 Å². The number of piperidine rings is 1. The third-order valence-electron chi connectivity index (χ3n) is 6.43. The first-order valence-electron chi connectivity index (χ1n) is 9.47. The number of aliphatic hydroxyl groups is 1. The van der Waals surface area contributed by atoms with Gasteiger partial charge in [-0.1, -0.05) is 0 Å². The maximum Gasteiger partial charge on any atom is 0.315 e. The van der Waals surface area contributed by atoms with E-state index in [1.165, 1.54) is 38.6 Å². The van der Waals surface area contributed by atoms with E-state index in [2.05, 4.69) is 29.4 Å². The third-order valence-corrected chi connectivity index (χ3v) is 6.43. The number of rotatable bonds is 5. The van der Waals surface area contributed by atoms with E-state index in [9.17, 15) is 9.90 Å². The summed E-state index contributed by atoms with van der Waals surface area (Å²) >= 11 is 0. The molecule has 132 valence electrons. The Labute approximate surface area is 140 Å². The fraction of sp³-hybridized carbons (Fsp3) is 0.944. The third kappa shape index (κ3) is 3.82. The average molecular weight is 323 g/mol. The van der Waals surface area contributed by atoms with Crippen molar-refractivity contribution in [2.75, 3.05) is 26.2 Å². The summed E-state index contributed by atoms with van der Waals surface area (Å²) in [6.45, 7) is 7.73. The highest BCUT2D eigenvalue weighted by atomic mass is 16.3. The predicted octanol–water partition coefficient (Wildman–Crippen LogP) is 1.81. The Hall–Kier alpha value is -0.810. The number of fused-ring (bicyclic) bond motifs is 2. The SMILES string of the molecule is CC(C)N1CCCC(CNC(=O)NC2C3CCC(C3)C2CO)C1. The van der Waals surface area contributed by atoms with Crippen molar-refractivity contribution in [1.29, 1.82) is 0 Å². The maximum absolute atomic E-state index is 12.3. The quantitative estimate of drug-likeness (QED) is 0.723. The molecule has 3 N–H and O–H groups in total. The molecular weight excluding hydrogens is 290 g/mol. The highest BCUT2D eigenvalue weighted by Gasteiger charge is 2.47. The van der Waals surface area contributed by atoms with E-state index in [0.29, 0.717) is 23.8 Å². The fourth-order valence-corrected chi connectivity index (χ4v) is 5.07. The topological polar surface area (TPSA) is 64.6 Å². The van der Waals surface area contributed by atoms with E-state index in [-0.39, 0.29) is 24.6 Å². The lowest BCUT2D eigenvalue weighted by molar-refractivity contribution is 0.135. The fourth-order valence-electron chi connectivity index (χ4n) is 5.07. The molecule has 1 aliphatic heterocycles. The summed E-state index contributed by atoms with van der Waals surface area (Å²) in [5.41, 5.74) is 0. The predicted molar refractivity (Wildman–Crippen MR) is 91.2 cm³/mol. The van der Waals surface area contributed by atoms with Crippen molar-refractivity contribution in [3.63, 3.8) is 0 Å². The van der Waals surface area contributed by atoms with Gasteiger partial charge in [-0.15, -0.1) is 0 Å². The van der Waals surface area contributed by atoms with Gasteiger partial charge in [0.2, 0.25) is 0 Å². The molecule has 1 saturated heterocycles. The number of hydrogen-bond donors (Lipinski definition) is 3. The smallest absolute Gasteiger partial charge is 0.315 e. The number of aliphatic hydroxyl groups excluding tert-OH is 1. The lowest BCUT2D eigenvalue weighted by Gasteiger charge is -2.35. The lowest BCUT2D eigenvalue weighted by atomic mass is 9.85. The minimum absolute atomic E-state index is 0.0392. The largest absolute Gasteiger partial charge is 0.396 e. The molecule has 2 saturated carbocycles. The number of likely N-dealkylation sites (tertiary alicyclic amines) is 1. The van der Waals surface area contributed by atoms with Gasteiger partial charge in [-0.05, 0) is 70.3 Å². The van der Waals surface area contributed by atoms with E-state index < -0.39 is 0 Å². The van der Waals surface area contributed by atoms with Gasteiger partial charge >= 0.3 is 6.03 Å². The molecule has 2 bridgehead atoms. The van der Waals surface area contributed by atoms with E-state index in [0.717, 1.165) is 13.1 Å². The zero-order valence-electron chi connectivity index (χ0n) is 14.6. The van der Waals surface area contributed by atoms with Crippen LogP contribution in [0.5, 0.6) is 0 Å². The minimum atomic E-state index is -0.0392. The van der Waals surface area contributed by atoms with Crippen LogP contribution in [0.15, 0.2) is 0 Å². The molecule has 0 aromatic heterocycles. The summed E-state index contributed by atoms with van der Waals surface area (Å²) in [5, 5.41) is 15.9. The maximum atomic E-state index is 12.3. The normalized spacial score (nSPS) is 37.3. The zero-order valence-corrected chi connectivity index (χ0v) is 14.6. The van der Waals surface area contributed by atoms with Gasteiger partial charge in [0.15, 0.2) is 0 Å². The van der Waals surface area contributed by atoms with E-state index in [4.69, 9.17) is 0 Å². The molecule has 2 amide bonds. The summed E-state index contributed by atoms with van der Waals surface area (Å²) in [7, 11) is 0. The molecule has 3 aliphatic rings. The van der Waals surface area contributed by atoms with Gasteiger partial charge in [-0.3, -0.25) is 0 Å². The monoisotopic (exact) mass is 323 g/mol. The molecule has 0 aromatic rings. The Bertz CT molecular complexity index is 415. The number of carbonyl (C=O) groups excluding carboxylic acids is 1. The van der Waals surface area contributed by atoms with Crippen molar-refractivity contribution < 1.29 is 9.90 Å². The summed E-state index contributed by atoms with van der Waals surface area (Å²) in [6.07, 6.45) is 6.05. The second-order valence-electron chi connectivity index (χ2n) is 8.16. The summed E-state index contributed by atoms with van der Waals surface area (Å²) in [6, 6.07) is 0.728. The molecule has 5 heteroatoms. The summed E-state index contributed by atoms with van der Waals surface area (Å²) in [4.78, 5) is 14.8. The number of nitrogens with zero attached hydrogens (tertiary/aromatic N) is 1. The number of hydrogen-bond acceptors (Lipinski definition) is 3. The van der Waals surface area contributed by atoms with Gasteiger partial charge in [0.25, 0.3) is 0 Å². The number of urea groups is 1. The van der Waals surface area contributed by atoms with Gasteiger partial charge in [-0.2, -0.15) is 0 Å². The van der Waals surface area contributed by atoms with Gasteiger partial charge in [0.05, 0.1) is 0 Å². The van der Waals surface area contributed by atoms with Crippen LogP contribution in [-0.2, 0) is 0 Å². The second kappa shape index (κ2) is 7.39. The Morgan fingerprint density at radius 3 is 2.78 bits per heavy atom. The van der Waals surface area contributed by atoms with E-state index in [1.807, 2.05) is 0 Å². The highest BCUT2D eigenvalue weighted by Crippen LogP contribution is 2.48. The van der Waals surface area contributed by atoms with Gasteiger partial charge < -0.3 is 20.6 Å². The van der Waals surface area contributed by atoms with Crippen LogP contribution in [0.25, 0.3) is 0 Å². The molecule has 1 heterocycles. The first-order chi connectivity index (χ1) is 11.1. The first kappa shape index (κ1) is 17.0. The van der Waals surface area contributed by atoms with Gasteiger partial charge in [0, 0.05) is 37.7 Å². The van der Waals surface area contributed by atoms with Gasteiger partial charge in [0.1, 0.15) is 0 Å². The molecule has 0 aromatic carbocycles. The van der Waals surface area contributed by atoms with Crippen molar-refractivity contribution in [1.82, 2.24) is 15.5 Å². The molecule has 0 radical (unpaired) electrons. The molecular formula is C18H33N3O2. The molecule has 5 nitrogen and oxygen atoms in total. The molecule has 3 fully saturated rings. The Balaban J connectivity index is 1.43. The number of nitrogens with one attached hydrogen (secondary N) is 2. The summed E-state index contributed by atoms with van der Waals surface area (Å²) in [5.74, 6) is 2.03. The standard InChI is InChI=1S/C18H33N3O2/c1-12(2)21-7-3-4-13(10-21)9-19-18(23)20-17-15-6-5-14(8-15)16(17)11-22/h12-17,22H,3-11H2,1-2H3,(H2,19,20,23). The molecule has 5 unspecified atom stereocenters. The minimum Gasteiger partial charge on any atom is -0.396 e. The molecule has 5 atom stereocenters. The molecule has 3 rings (SSSR count). The van der Waals surface area contributed by atoms with Crippen LogP contribution >= 0.6 is 0 Å².